The lowest BCUT2D eigenvalue weighted by molar-refractivity contribution is -0.116. The zero-order valence-electron chi connectivity index (χ0n) is 9.55. The summed E-state index contributed by atoms with van der Waals surface area (Å²) in [5, 5.41) is 8.70. The van der Waals surface area contributed by atoms with Crippen molar-refractivity contribution in [2.75, 3.05) is 6.61 Å². The van der Waals surface area contributed by atoms with Gasteiger partial charge in [0.05, 0.1) is 0 Å². The van der Waals surface area contributed by atoms with Gasteiger partial charge >= 0.3 is 0 Å². The van der Waals surface area contributed by atoms with E-state index in [-0.39, 0.29) is 12.4 Å². The van der Waals surface area contributed by atoms with Crippen LogP contribution in [0.5, 0.6) is 0 Å². The van der Waals surface area contributed by atoms with Crippen LogP contribution < -0.4 is 0 Å². The van der Waals surface area contributed by atoms with Crippen molar-refractivity contribution in [1.29, 1.82) is 0 Å². The largest absolute Gasteiger partial charge is 0.396 e. The van der Waals surface area contributed by atoms with Gasteiger partial charge < -0.3 is 5.11 Å². The smallest absolute Gasteiger partial charge is 0.133 e. The summed E-state index contributed by atoms with van der Waals surface area (Å²) in [6.07, 6.45) is 5.69. The number of rotatable bonds is 7. The third-order valence-corrected chi connectivity index (χ3v) is 2.30. The molecule has 0 aromatic heterocycles. The Bertz CT molecular complexity index is 194. The van der Waals surface area contributed by atoms with E-state index in [9.17, 15) is 4.79 Å². The maximum Gasteiger partial charge on any atom is 0.133 e. The number of hydrogen-bond donors (Lipinski definition) is 1. The van der Waals surface area contributed by atoms with Gasteiger partial charge in [0.2, 0.25) is 0 Å². The molecule has 0 saturated carbocycles. The van der Waals surface area contributed by atoms with Gasteiger partial charge in [0, 0.05) is 13.0 Å². The molecule has 2 heteroatoms. The number of ketones is 1. The maximum absolute atomic E-state index is 10.8. The van der Waals surface area contributed by atoms with E-state index in [1.54, 1.807) is 6.92 Å². The number of carbonyl (C=O) groups is 1. The lowest BCUT2D eigenvalue weighted by Crippen LogP contribution is -1.97. The van der Waals surface area contributed by atoms with Gasteiger partial charge in [-0.2, -0.15) is 0 Å². The average Bonchev–Trinajstić information content (AvgIpc) is 2.02. The van der Waals surface area contributed by atoms with E-state index in [2.05, 4.69) is 13.0 Å². The second-order valence-electron chi connectivity index (χ2n) is 4.12. The molecule has 0 aromatic rings. The van der Waals surface area contributed by atoms with Crippen molar-refractivity contribution in [3.8, 4) is 0 Å². The molecule has 82 valence electrons. The van der Waals surface area contributed by atoms with E-state index in [0.29, 0.717) is 12.3 Å². The topological polar surface area (TPSA) is 37.3 Å². The van der Waals surface area contributed by atoms with Crippen LogP contribution in [0.3, 0.4) is 0 Å². The zero-order valence-corrected chi connectivity index (χ0v) is 9.55. The number of hydrogen-bond acceptors (Lipinski definition) is 2. The van der Waals surface area contributed by atoms with E-state index >= 15 is 0 Å². The molecule has 0 aliphatic rings. The highest BCUT2D eigenvalue weighted by Gasteiger charge is 2.00. The van der Waals surface area contributed by atoms with Crippen molar-refractivity contribution in [3.63, 3.8) is 0 Å². The van der Waals surface area contributed by atoms with Crippen LogP contribution in [0.1, 0.15) is 46.5 Å². The molecule has 14 heavy (non-hydrogen) atoms. The number of Topliss-reactive ketones (excluding diaryl/α,β-unsaturated/α-hetero) is 1. The molecule has 0 spiro atoms. The Balaban J connectivity index is 3.64. The van der Waals surface area contributed by atoms with Crippen LogP contribution in [-0.4, -0.2) is 17.5 Å². The molecule has 0 amide bonds. The molecule has 0 rings (SSSR count). The molecule has 0 radical (unpaired) electrons. The van der Waals surface area contributed by atoms with Gasteiger partial charge in [-0.15, -0.1) is 0 Å². The van der Waals surface area contributed by atoms with Crippen LogP contribution in [0.2, 0.25) is 0 Å². The molecule has 0 aromatic carbocycles. The van der Waals surface area contributed by atoms with Crippen molar-refractivity contribution >= 4 is 5.78 Å². The van der Waals surface area contributed by atoms with Crippen molar-refractivity contribution in [2.24, 2.45) is 5.92 Å². The quantitative estimate of drug-likeness (QED) is 0.639. The first-order valence-corrected chi connectivity index (χ1v) is 5.32. The fraction of sp³-hybridized carbons (Fsp3) is 0.750. The highest BCUT2D eigenvalue weighted by atomic mass is 16.3. The Morgan fingerprint density at radius 3 is 2.50 bits per heavy atom. The van der Waals surface area contributed by atoms with Gasteiger partial charge in [0.15, 0.2) is 0 Å². The minimum atomic E-state index is 0.224. The van der Waals surface area contributed by atoms with Crippen LogP contribution >= 0.6 is 0 Å². The maximum atomic E-state index is 10.8. The molecule has 0 aliphatic heterocycles. The molecule has 1 N–H and O–H groups in total. The van der Waals surface area contributed by atoms with Crippen LogP contribution in [0, 0.1) is 5.92 Å². The van der Waals surface area contributed by atoms with Gasteiger partial charge in [-0.25, -0.2) is 0 Å². The SMILES string of the molecule is CC(=O)C/C(C)=C\CCC(C)CCO. The van der Waals surface area contributed by atoms with Crippen LogP contribution in [0.15, 0.2) is 11.6 Å². The van der Waals surface area contributed by atoms with Crippen LogP contribution in [0.25, 0.3) is 0 Å². The standard InChI is InChI=1S/C12H22O2/c1-10(7-8-13)5-4-6-11(2)9-12(3)14/h6,10,13H,4-5,7-9H2,1-3H3/b11-6-. The summed E-state index contributed by atoms with van der Waals surface area (Å²) in [4.78, 5) is 10.8. The third-order valence-electron chi connectivity index (χ3n) is 2.30. The number of aliphatic hydroxyl groups excluding tert-OH is 1. The van der Waals surface area contributed by atoms with E-state index in [4.69, 9.17) is 5.11 Å². The molecule has 0 heterocycles. The summed E-state index contributed by atoms with van der Waals surface area (Å²) >= 11 is 0. The molecular formula is C12H22O2. The fourth-order valence-corrected chi connectivity index (χ4v) is 1.44. The Hall–Kier alpha value is -0.630. The summed E-state index contributed by atoms with van der Waals surface area (Å²) in [6.45, 7) is 6.03. The van der Waals surface area contributed by atoms with E-state index in [1.165, 1.54) is 0 Å². The first-order chi connectivity index (χ1) is 6.56. The van der Waals surface area contributed by atoms with Crippen molar-refractivity contribution < 1.29 is 9.90 Å². The Labute approximate surface area is 87.0 Å². The monoisotopic (exact) mass is 198 g/mol. The molecule has 2 nitrogen and oxygen atoms in total. The second-order valence-corrected chi connectivity index (χ2v) is 4.12. The Morgan fingerprint density at radius 2 is 2.00 bits per heavy atom. The number of carbonyl (C=O) groups excluding carboxylic acids is 1. The number of aliphatic hydroxyl groups is 1. The summed E-state index contributed by atoms with van der Waals surface area (Å²) in [5.41, 5.74) is 1.16. The average molecular weight is 198 g/mol. The lowest BCUT2D eigenvalue weighted by Gasteiger charge is -2.07. The number of allylic oxidation sites excluding steroid dienone is 2. The molecule has 0 aliphatic carbocycles. The highest BCUT2D eigenvalue weighted by Crippen LogP contribution is 2.12. The second kappa shape index (κ2) is 7.74. The minimum Gasteiger partial charge on any atom is -0.396 e. The normalized spacial score (nSPS) is 14.1. The fourth-order valence-electron chi connectivity index (χ4n) is 1.44. The summed E-state index contributed by atoms with van der Waals surface area (Å²) in [5.74, 6) is 0.795. The summed E-state index contributed by atoms with van der Waals surface area (Å²) in [6, 6.07) is 0. The molecular weight excluding hydrogens is 176 g/mol. The third kappa shape index (κ3) is 7.99. The minimum absolute atomic E-state index is 0.224. The van der Waals surface area contributed by atoms with E-state index in [0.717, 1.165) is 24.8 Å². The predicted molar refractivity (Wildman–Crippen MR) is 59.2 cm³/mol. The van der Waals surface area contributed by atoms with Crippen molar-refractivity contribution in [3.05, 3.63) is 11.6 Å². The molecule has 0 fully saturated rings. The van der Waals surface area contributed by atoms with Gasteiger partial charge in [-0.05, 0) is 39.0 Å². The van der Waals surface area contributed by atoms with Crippen LogP contribution in [0.4, 0.5) is 0 Å². The van der Waals surface area contributed by atoms with E-state index in [1.807, 2.05) is 6.92 Å². The first-order valence-electron chi connectivity index (χ1n) is 5.32. The lowest BCUT2D eigenvalue weighted by atomic mass is 10.0. The highest BCUT2D eigenvalue weighted by molar-refractivity contribution is 5.77. The Kier molecular flexibility index (Phi) is 7.40. The zero-order chi connectivity index (χ0) is 11.0. The molecule has 0 bridgehead atoms. The van der Waals surface area contributed by atoms with Crippen molar-refractivity contribution in [2.45, 2.75) is 46.5 Å². The van der Waals surface area contributed by atoms with Gasteiger partial charge in [-0.1, -0.05) is 18.6 Å². The summed E-state index contributed by atoms with van der Waals surface area (Å²) in [7, 11) is 0. The van der Waals surface area contributed by atoms with Gasteiger partial charge in [0.25, 0.3) is 0 Å². The van der Waals surface area contributed by atoms with Crippen LogP contribution in [-0.2, 0) is 4.79 Å². The van der Waals surface area contributed by atoms with Gasteiger partial charge in [0.1, 0.15) is 5.78 Å². The molecule has 1 atom stereocenters. The Morgan fingerprint density at radius 1 is 1.36 bits per heavy atom. The predicted octanol–water partition coefficient (Wildman–Crippen LogP) is 2.71. The summed E-state index contributed by atoms with van der Waals surface area (Å²) < 4.78 is 0. The van der Waals surface area contributed by atoms with Crippen molar-refractivity contribution in [1.82, 2.24) is 0 Å². The van der Waals surface area contributed by atoms with Gasteiger partial charge in [-0.3, -0.25) is 4.79 Å². The molecule has 0 saturated heterocycles. The van der Waals surface area contributed by atoms with E-state index < -0.39 is 0 Å². The first kappa shape index (κ1) is 13.4. The molecule has 1 unspecified atom stereocenters.